The molecule has 0 aliphatic heterocycles. The molecule has 1 aliphatic rings. The molecule has 0 saturated heterocycles. The van der Waals surface area contributed by atoms with Crippen LogP contribution in [0.3, 0.4) is 0 Å². The van der Waals surface area contributed by atoms with Crippen molar-refractivity contribution >= 4 is 5.91 Å². The summed E-state index contributed by atoms with van der Waals surface area (Å²) in [5.74, 6) is 0.604. The lowest BCUT2D eigenvalue weighted by Gasteiger charge is -2.23. The molecule has 0 aromatic carbocycles. The van der Waals surface area contributed by atoms with Gasteiger partial charge in [0.2, 0.25) is 5.91 Å². The number of rotatable bonds is 4. The average Bonchev–Trinajstić information content (AvgIpc) is 2.82. The van der Waals surface area contributed by atoms with Crippen molar-refractivity contribution in [3.8, 4) is 0 Å². The molecular weight excluding hydrogens is 166 g/mol. The summed E-state index contributed by atoms with van der Waals surface area (Å²) in [7, 11) is 1.82. The quantitative estimate of drug-likeness (QED) is 0.706. The lowest BCUT2D eigenvalue weighted by molar-refractivity contribution is -0.137. The predicted octanol–water partition coefficient (Wildman–Crippen LogP) is 0.873. The smallest absolute Gasteiger partial charge is 0.230 e. The van der Waals surface area contributed by atoms with E-state index >= 15 is 0 Å². The zero-order valence-corrected chi connectivity index (χ0v) is 8.71. The van der Waals surface area contributed by atoms with Gasteiger partial charge in [-0.05, 0) is 18.8 Å². The Morgan fingerprint density at radius 2 is 2.08 bits per heavy atom. The molecule has 0 aromatic heterocycles. The van der Waals surface area contributed by atoms with Crippen LogP contribution in [0, 0.1) is 11.3 Å². The highest BCUT2D eigenvalue weighted by atomic mass is 16.3. The van der Waals surface area contributed by atoms with Crippen molar-refractivity contribution in [3.05, 3.63) is 0 Å². The van der Waals surface area contributed by atoms with Crippen molar-refractivity contribution in [1.82, 2.24) is 4.90 Å². The fraction of sp³-hybridized carbons (Fsp3) is 0.900. The lowest BCUT2D eigenvalue weighted by Crippen LogP contribution is -2.38. The van der Waals surface area contributed by atoms with Gasteiger partial charge in [0.25, 0.3) is 0 Å². The van der Waals surface area contributed by atoms with E-state index in [1.807, 2.05) is 7.05 Å². The molecule has 0 bridgehead atoms. The Morgan fingerprint density at radius 1 is 1.54 bits per heavy atom. The maximum atomic E-state index is 11.8. The number of carbonyl (C=O) groups is 1. The van der Waals surface area contributed by atoms with Gasteiger partial charge in [-0.1, -0.05) is 13.8 Å². The SMILES string of the molecule is CC(C)CN(C)C(=O)C1(CO)CC1. The minimum Gasteiger partial charge on any atom is -0.395 e. The van der Waals surface area contributed by atoms with Crippen molar-refractivity contribution in [1.29, 1.82) is 0 Å². The van der Waals surface area contributed by atoms with Crippen LogP contribution in [0.25, 0.3) is 0 Å². The van der Waals surface area contributed by atoms with Crippen LogP contribution < -0.4 is 0 Å². The summed E-state index contributed by atoms with van der Waals surface area (Å²) in [6.07, 6.45) is 1.70. The molecule has 0 heterocycles. The van der Waals surface area contributed by atoms with Crippen molar-refractivity contribution in [3.63, 3.8) is 0 Å². The van der Waals surface area contributed by atoms with Crippen LogP contribution in [0.4, 0.5) is 0 Å². The van der Waals surface area contributed by atoms with E-state index in [-0.39, 0.29) is 12.5 Å². The van der Waals surface area contributed by atoms with Crippen molar-refractivity contribution in [2.24, 2.45) is 11.3 Å². The molecule has 0 unspecified atom stereocenters. The van der Waals surface area contributed by atoms with Gasteiger partial charge in [-0.2, -0.15) is 0 Å². The molecular formula is C10H19NO2. The van der Waals surface area contributed by atoms with E-state index in [0.29, 0.717) is 5.92 Å². The van der Waals surface area contributed by atoms with Crippen molar-refractivity contribution < 1.29 is 9.90 Å². The Labute approximate surface area is 79.7 Å². The van der Waals surface area contributed by atoms with Crippen LogP contribution in [-0.2, 0) is 4.79 Å². The number of hydrogen-bond acceptors (Lipinski definition) is 2. The molecule has 0 aromatic rings. The standard InChI is InChI=1S/C10H19NO2/c1-8(2)6-11(3)9(13)10(7-12)4-5-10/h8,12H,4-7H2,1-3H3. The maximum absolute atomic E-state index is 11.8. The molecule has 0 radical (unpaired) electrons. The van der Waals surface area contributed by atoms with E-state index in [1.165, 1.54) is 0 Å². The summed E-state index contributed by atoms with van der Waals surface area (Å²) >= 11 is 0. The minimum absolute atomic E-state index is 0.00820. The normalized spacial score (nSPS) is 18.8. The van der Waals surface area contributed by atoms with Crippen LogP contribution in [0.1, 0.15) is 26.7 Å². The second kappa shape index (κ2) is 3.66. The first-order valence-electron chi connectivity index (χ1n) is 4.88. The van der Waals surface area contributed by atoms with Gasteiger partial charge in [0.05, 0.1) is 12.0 Å². The van der Waals surface area contributed by atoms with Crippen LogP contribution in [0.15, 0.2) is 0 Å². The molecule has 76 valence electrons. The summed E-state index contributed by atoms with van der Waals surface area (Å²) in [5, 5.41) is 9.06. The highest BCUT2D eigenvalue weighted by Gasteiger charge is 2.50. The van der Waals surface area contributed by atoms with Crippen LogP contribution in [0.2, 0.25) is 0 Å². The molecule has 0 spiro atoms. The highest BCUT2D eigenvalue weighted by molar-refractivity contribution is 5.85. The molecule has 13 heavy (non-hydrogen) atoms. The first-order chi connectivity index (χ1) is 6.02. The van der Waals surface area contributed by atoms with E-state index in [1.54, 1.807) is 4.90 Å². The molecule has 1 aliphatic carbocycles. The summed E-state index contributed by atoms with van der Waals surface area (Å²) in [6, 6.07) is 0. The first kappa shape index (κ1) is 10.5. The van der Waals surface area contributed by atoms with Gasteiger partial charge in [0.15, 0.2) is 0 Å². The largest absolute Gasteiger partial charge is 0.395 e. The Hall–Kier alpha value is -0.570. The average molecular weight is 185 g/mol. The summed E-state index contributed by atoms with van der Waals surface area (Å²) in [5.41, 5.74) is -0.399. The van der Waals surface area contributed by atoms with Crippen LogP contribution in [-0.4, -0.2) is 36.1 Å². The molecule has 1 amide bonds. The maximum Gasteiger partial charge on any atom is 0.230 e. The third-order valence-corrected chi connectivity index (χ3v) is 2.60. The molecule has 1 saturated carbocycles. The summed E-state index contributed by atoms with van der Waals surface area (Å²) in [6.45, 7) is 4.96. The molecule has 1 rings (SSSR count). The fourth-order valence-electron chi connectivity index (χ4n) is 1.63. The minimum atomic E-state index is -0.399. The molecule has 0 atom stereocenters. The van der Waals surface area contributed by atoms with E-state index in [0.717, 1.165) is 19.4 Å². The van der Waals surface area contributed by atoms with Gasteiger partial charge in [-0.25, -0.2) is 0 Å². The number of aliphatic hydroxyl groups excluding tert-OH is 1. The Balaban J connectivity index is 2.47. The Morgan fingerprint density at radius 3 is 2.38 bits per heavy atom. The molecule has 1 N–H and O–H groups in total. The van der Waals surface area contributed by atoms with Crippen molar-refractivity contribution in [2.45, 2.75) is 26.7 Å². The fourth-order valence-corrected chi connectivity index (χ4v) is 1.63. The second-order valence-corrected chi connectivity index (χ2v) is 4.52. The Bertz CT molecular complexity index is 197. The van der Waals surface area contributed by atoms with Crippen molar-refractivity contribution in [2.75, 3.05) is 20.2 Å². The summed E-state index contributed by atoms with van der Waals surface area (Å²) < 4.78 is 0. The van der Waals surface area contributed by atoms with E-state index in [4.69, 9.17) is 5.11 Å². The number of hydrogen-bond donors (Lipinski definition) is 1. The van der Waals surface area contributed by atoms with Gasteiger partial charge in [0.1, 0.15) is 0 Å². The van der Waals surface area contributed by atoms with E-state index in [9.17, 15) is 4.79 Å². The predicted molar refractivity (Wildman–Crippen MR) is 51.2 cm³/mol. The summed E-state index contributed by atoms with van der Waals surface area (Å²) in [4.78, 5) is 13.5. The third-order valence-electron chi connectivity index (χ3n) is 2.60. The van der Waals surface area contributed by atoms with Gasteiger partial charge >= 0.3 is 0 Å². The molecule has 3 nitrogen and oxygen atoms in total. The second-order valence-electron chi connectivity index (χ2n) is 4.52. The third kappa shape index (κ3) is 2.21. The zero-order chi connectivity index (χ0) is 10.1. The topological polar surface area (TPSA) is 40.5 Å². The highest BCUT2D eigenvalue weighted by Crippen LogP contribution is 2.46. The number of carbonyl (C=O) groups excluding carboxylic acids is 1. The number of aliphatic hydroxyl groups is 1. The van der Waals surface area contributed by atoms with E-state index in [2.05, 4.69) is 13.8 Å². The van der Waals surface area contributed by atoms with Gasteiger partial charge in [0, 0.05) is 13.6 Å². The Kier molecular flexibility index (Phi) is 2.96. The lowest BCUT2D eigenvalue weighted by atomic mass is 10.1. The van der Waals surface area contributed by atoms with Gasteiger partial charge in [-0.3, -0.25) is 4.79 Å². The number of nitrogens with zero attached hydrogens (tertiary/aromatic N) is 1. The monoisotopic (exact) mass is 185 g/mol. The van der Waals surface area contributed by atoms with Crippen LogP contribution >= 0.6 is 0 Å². The zero-order valence-electron chi connectivity index (χ0n) is 8.71. The van der Waals surface area contributed by atoms with Gasteiger partial charge in [-0.15, -0.1) is 0 Å². The van der Waals surface area contributed by atoms with Crippen LogP contribution in [0.5, 0.6) is 0 Å². The van der Waals surface area contributed by atoms with E-state index < -0.39 is 5.41 Å². The first-order valence-corrected chi connectivity index (χ1v) is 4.88. The molecule has 3 heteroatoms. The molecule has 1 fully saturated rings. The van der Waals surface area contributed by atoms with Gasteiger partial charge < -0.3 is 10.0 Å². The number of amides is 1.